The number of pyridine rings is 1. The van der Waals surface area contributed by atoms with Gasteiger partial charge in [-0.25, -0.2) is 4.98 Å². The van der Waals surface area contributed by atoms with Crippen LogP contribution in [-0.4, -0.2) is 21.9 Å². The van der Waals surface area contributed by atoms with Gasteiger partial charge in [0.25, 0.3) is 11.5 Å². The van der Waals surface area contributed by atoms with E-state index in [4.69, 9.17) is 9.47 Å². The molecule has 2 heterocycles. The van der Waals surface area contributed by atoms with Gasteiger partial charge in [-0.3, -0.25) is 14.0 Å². The molecule has 7 heteroatoms. The predicted molar refractivity (Wildman–Crippen MR) is 118 cm³/mol. The first-order chi connectivity index (χ1) is 15.1. The van der Waals surface area contributed by atoms with Crippen LogP contribution in [0, 0.1) is 6.92 Å². The van der Waals surface area contributed by atoms with Gasteiger partial charge in [-0.1, -0.05) is 18.2 Å². The van der Waals surface area contributed by atoms with Gasteiger partial charge in [0.05, 0.1) is 5.69 Å². The van der Waals surface area contributed by atoms with E-state index in [1.807, 2.05) is 37.3 Å². The summed E-state index contributed by atoms with van der Waals surface area (Å²) in [5.41, 5.74) is 2.63. The number of carbonyl (C=O) groups excluding carboxylic acids is 1. The summed E-state index contributed by atoms with van der Waals surface area (Å²) >= 11 is 0. The SMILES string of the molecule is Cc1ccn2c(=O)cc(COc3ccc(NC(=O)COc4ccccc4)cc3)nc2c1. The van der Waals surface area contributed by atoms with Crippen LogP contribution in [0.3, 0.4) is 0 Å². The number of fused-ring (bicyclic) bond motifs is 1. The second-order valence-electron chi connectivity index (χ2n) is 6.98. The smallest absolute Gasteiger partial charge is 0.262 e. The number of benzene rings is 2. The van der Waals surface area contributed by atoms with E-state index in [-0.39, 0.29) is 24.7 Å². The van der Waals surface area contributed by atoms with Crippen molar-refractivity contribution in [1.82, 2.24) is 9.38 Å². The first-order valence-electron chi connectivity index (χ1n) is 9.76. The minimum absolute atomic E-state index is 0.0785. The van der Waals surface area contributed by atoms with Crippen molar-refractivity contribution in [2.75, 3.05) is 11.9 Å². The third kappa shape index (κ3) is 5.27. The molecule has 0 atom stereocenters. The fraction of sp³-hybridized carbons (Fsp3) is 0.125. The molecule has 0 radical (unpaired) electrons. The largest absolute Gasteiger partial charge is 0.487 e. The summed E-state index contributed by atoms with van der Waals surface area (Å²) in [5, 5.41) is 2.77. The molecule has 0 fully saturated rings. The number of aromatic nitrogens is 2. The molecule has 0 aliphatic rings. The normalized spacial score (nSPS) is 10.6. The van der Waals surface area contributed by atoms with E-state index in [1.54, 1.807) is 42.6 Å². The van der Waals surface area contributed by atoms with E-state index in [0.29, 0.717) is 28.5 Å². The molecule has 1 amide bonds. The number of nitrogens with one attached hydrogen (secondary N) is 1. The van der Waals surface area contributed by atoms with Crippen LogP contribution in [0.4, 0.5) is 5.69 Å². The Balaban J connectivity index is 1.33. The standard InChI is InChI=1S/C24H21N3O4/c1-17-11-12-27-22(13-17)25-19(14-24(27)29)15-30-21-9-7-18(8-10-21)26-23(28)16-31-20-5-3-2-4-6-20/h2-14H,15-16H2,1H3,(H,26,28). The van der Waals surface area contributed by atoms with Crippen LogP contribution >= 0.6 is 0 Å². The van der Waals surface area contributed by atoms with Crippen LogP contribution in [0.2, 0.25) is 0 Å². The number of nitrogens with zero attached hydrogens (tertiary/aromatic N) is 2. The zero-order chi connectivity index (χ0) is 21.6. The van der Waals surface area contributed by atoms with Gasteiger partial charge in [-0.2, -0.15) is 0 Å². The first-order valence-corrected chi connectivity index (χ1v) is 9.76. The van der Waals surface area contributed by atoms with Crippen LogP contribution in [0.25, 0.3) is 5.65 Å². The summed E-state index contributed by atoms with van der Waals surface area (Å²) < 4.78 is 12.7. The molecule has 0 saturated heterocycles. The topological polar surface area (TPSA) is 81.9 Å². The maximum atomic E-state index is 12.2. The van der Waals surface area contributed by atoms with Gasteiger partial charge >= 0.3 is 0 Å². The molecule has 4 aromatic rings. The van der Waals surface area contributed by atoms with E-state index in [9.17, 15) is 9.59 Å². The van der Waals surface area contributed by atoms with Crippen LogP contribution in [0.15, 0.2) is 83.8 Å². The first kappa shape index (κ1) is 20.2. The molecule has 1 N–H and O–H groups in total. The molecule has 0 aliphatic heterocycles. The number of hydrogen-bond donors (Lipinski definition) is 1. The van der Waals surface area contributed by atoms with Gasteiger partial charge in [-0.05, 0) is 61.0 Å². The molecule has 7 nitrogen and oxygen atoms in total. The highest BCUT2D eigenvalue weighted by molar-refractivity contribution is 5.91. The molecular weight excluding hydrogens is 394 g/mol. The van der Waals surface area contributed by atoms with Gasteiger partial charge in [-0.15, -0.1) is 0 Å². The quantitative estimate of drug-likeness (QED) is 0.499. The van der Waals surface area contributed by atoms with Crippen molar-refractivity contribution in [3.05, 3.63) is 101 Å². The second-order valence-corrected chi connectivity index (χ2v) is 6.98. The zero-order valence-electron chi connectivity index (χ0n) is 16.9. The Labute approximate surface area is 178 Å². The van der Waals surface area contributed by atoms with Gasteiger partial charge in [0, 0.05) is 18.0 Å². The monoisotopic (exact) mass is 415 g/mol. The van der Waals surface area contributed by atoms with E-state index in [0.717, 1.165) is 5.56 Å². The highest BCUT2D eigenvalue weighted by atomic mass is 16.5. The summed E-state index contributed by atoms with van der Waals surface area (Å²) in [5.74, 6) is 0.983. The number of ether oxygens (including phenoxy) is 2. The lowest BCUT2D eigenvalue weighted by atomic mass is 10.3. The van der Waals surface area contributed by atoms with Crippen molar-refractivity contribution >= 4 is 17.2 Å². The number of anilines is 1. The number of hydrogen-bond acceptors (Lipinski definition) is 5. The highest BCUT2D eigenvalue weighted by Crippen LogP contribution is 2.17. The molecule has 0 aliphatic carbocycles. The highest BCUT2D eigenvalue weighted by Gasteiger charge is 2.06. The summed E-state index contributed by atoms with van der Waals surface area (Å²) in [6.45, 7) is 2.03. The number of para-hydroxylation sites is 1. The Kier molecular flexibility index (Phi) is 5.93. The van der Waals surface area contributed by atoms with Crippen molar-refractivity contribution in [1.29, 1.82) is 0 Å². The van der Waals surface area contributed by atoms with Gasteiger partial charge in [0.15, 0.2) is 6.61 Å². The number of rotatable bonds is 7. The Morgan fingerprint density at radius 1 is 0.968 bits per heavy atom. The van der Waals surface area contributed by atoms with E-state index >= 15 is 0 Å². The Hall–Kier alpha value is -4.13. The lowest BCUT2D eigenvalue weighted by Gasteiger charge is -2.10. The number of amides is 1. The predicted octanol–water partition coefficient (Wildman–Crippen LogP) is 3.60. The molecule has 0 unspecified atom stereocenters. The summed E-state index contributed by atoms with van der Waals surface area (Å²) in [4.78, 5) is 28.7. The average Bonchev–Trinajstić information content (AvgIpc) is 2.78. The third-order valence-corrected chi connectivity index (χ3v) is 4.51. The third-order valence-electron chi connectivity index (χ3n) is 4.51. The Bertz CT molecular complexity index is 1250. The maximum Gasteiger partial charge on any atom is 0.262 e. The summed E-state index contributed by atoms with van der Waals surface area (Å²) in [7, 11) is 0. The molecule has 31 heavy (non-hydrogen) atoms. The fourth-order valence-electron chi connectivity index (χ4n) is 2.98. The van der Waals surface area contributed by atoms with Crippen LogP contribution in [0.5, 0.6) is 11.5 Å². The van der Waals surface area contributed by atoms with Gasteiger partial charge in [0.1, 0.15) is 23.8 Å². The minimum Gasteiger partial charge on any atom is -0.487 e. The van der Waals surface area contributed by atoms with E-state index in [1.165, 1.54) is 10.5 Å². The molecule has 4 rings (SSSR count). The molecule has 0 bridgehead atoms. The number of carbonyl (C=O) groups is 1. The molecule has 0 spiro atoms. The lowest BCUT2D eigenvalue weighted by molar-refractivity contribution is -0.118. The van der Waals surface area contributed by atoms with Crippen LogP contribution in [-0.2, 0) is 11.4 Å². The molecule has 2 aromatic heterocycles. The van der Waals surface area contributed by atoms with Crippen molar-refractivity contribution in [2.24, 2.45) is 0 Å². The van der Waals surface area contributed by atoms with Crippen molar-refractivity contribution in [2.45, 2.75) is 13.5 Å². The Morgan fingerprint density at radius 3 is 2.48 bits per heavy atom. The second kappa shape index (κ2) is 9.13. The zero-order valence-corrected chi connectivity index (χ0v) is 16.9. The van der Waals surface area contributed by atoms with Crippen LogP contribution < -0.4 is 20.3 Å². The molecule has 2 aromatic carbocycles. The number of aryl methyl sites for hydroxylation is 1. The van der Waals surface area contributed by atoms with Gasteiger partial charge < -0.3 is 14.8 Å². The van der Waals surface area contributed by atoms with Crippen molar-refractivity contribution in [3.63, 3.8) is 0 Å². The van der Waals surface area contributed by atoms with Crippen molar-refractivity contribution in [3.8, 4) is 11.5 Å². The average molecular weight is 415 g/mol. The van der Waals surface area contributed by atoms with E-state index < -0.39 is 0 Å². The van der Waals surface area contributed by atoms with Gasteiger partial charge in [0.2, 0.25) is 0 Å². The summed E-state index contributed by atoms with van der Waals surface area (Å²) in [6, 6.07) is 21.3. The molecule has 0 saturated carbocycles. The van der Waals surface area contributed by atoms with Crippen LogP contribution in [0.1, 0.15) is 11.3 Å². The lowest BCUT2D eigenvalue weighted by Crippen LogP contribution is -2.20. The maximum absolute atomic E-state index is 12.2. The van der Waals surface area contributed by atoms with E-state index in [2.05, 4.69) is 10.3 Å². The fourth-order valence-corrected chi connectivity index (χ4v) is 2.98. The summed E-state index contributed by atoms with van der Waals surface area (Å²) in [6.07, 6.45) is 1.71. The molecule has 156 valence electrons. The Morgan fingerprint density at radius 2 is 1.71 bits per heavy atom. The van der Waals surface area contributed by atoms with Crippen molar-refractivity contribution < 1.29 is 14.3 Å². The molecular formula is C24H21N3O4. The minimum atomic E-state index is -0.256.